The molecule has 1 fully saturated rings. The highest BCUT2D eigenvalue weighted by molar-refractivity contribution is 9.10. The topological polar surface area (TPSA) is 67.6 Å². The van der Waals surface area contributed by atoms with E-state index in [1.807, 2.05) is 18.2 Å². The van der Waals surface area contributed by atoms with Crippen LogP contribution in [0, 0.1) is 0 Å². The first kappa shape index (κ1) is 18.2. The lowest BCUT2D eigenvalue weighted by molar-refractivity contribution is -0.116. The SMILES string of the molecule is NCCCCCCC(=O)Nc1cc(Br)ccc1N1CCOCC1. The molecule has 1 aromatic rings. The Morgan fingerprint density at radius 3 is 2.70 bits per heavy atom. The number of carbonyl (C=O) groups is 1. The van der Waals surface area contributed by atoms with Gasteiger partial charge in [0.25, 0.3) is 0 Å². The Bertz CT molecular complexity index is 505. The third kappa shape index (κ3) is 6.12. The molecule has 0 atom stereocenters. The maximum atomic E-state index is 12.2. The number of amides is 1. The predicted octanol–water partition coefficient (Wildman–Crippen LogP) is 3.13. The van der Waals surface area contributed by atoms with Crippen molar-refractivity contribution in [3.05, 3.63) is 22.7 Å². The monoisotopic (exact) mass is 383 g/mol. The van der Waals surface area contributed by atoms with E-state index in [2.05, 4.69) is 26.1 Å². The van der Waals surface area contributed by atoms with E-state index in [-0.39, 0.29) is 5.91 Å². The van der Waals surface area contributed by atoms with E-state index in [9.17, 15) is 4.79 Å². The molecule has 0 aromatic heterocycles. The van der Waals surface area contributed by atoms with Crippen molar-refractivity contribution in [3.63, 3.8) is 0 Å². The van der Waals surface area contributed by atoms with Crippen molar-refractivity contribution in [2.45, 2.75) is 32.1 Å². The van der Waals surface area contributed by atoms with Crippen LogP contribution in [0.2, 0.25) is 0 Å². The number of halogens is 1. The molecule has 1 aliphatic heterocycles. The lowest BCUT2D eigenvalue weighted by Gasteiger charge is -2.30. The van der Waals surface area contributed by atoms with Gasteiger partial charge in [-0.05, 0) is 37.6 Å². The average molecular weight is 384 g/mol. The number of anilines is 2. The lowest BCUT2D eigenvalue weighted by Crippen LogP contribution is -2.36. The van der Waals surface area contributed by atoms with Gasteiger partial charge in [-0.3, -0.25) is 4.79 Å². The van der Waals surface area contributed by atoms with Crippen molar-refractivity contribution in [1.82, 2.24) is 0 Å². The quantitative estimate of drug-likeness (QED) is 0.676. The Balaban J connectivity index is 1.92. The fourth-order valence-electron chi connectivity index (χ4n) is 2.68. The zero-order valence-electron chi connectivity index (χ0n) is 13.5. The molecule has 6 heteroatoms. The minimum absolute atomic E-state index is 0.0744. The van der Waals surface area contributed by atoms with Gasteiger partial charge in [-0.15, -0.1) is 0 Å². The Morgan fingerprint density at radius 1 is 1.22 bits per heavy atom. The molecule has 5 nitrogen and oxygen atoms in total. The van der Waals surface area contributed by atoms with Crippen molar-refractivity contribution < 1.29 is 9.53 Å². The van der Waals surface area contributed by atoms with E-state index < -0.39 is 0 Å². The van der Waals surface area contributed by atoms with Gasteiger partial charge in [0.2, 0.25) is 5.91 Å². The van der Waals surface area contributed by atoms with Crippen molar-refractivity contribution in [1.29, 1.82) is 0 Å². The van der Waals surface area contributed by atoms with Gasteiger partial charge < -0.3 is 20.7 Å². The van der Waals surface area contributed by atoms with Crippen LogP contribution in [-0.2, 0) is 9.53 Å². The van der Waals surface area contributed by atoms with Crippen LogP contribution in [0.1, 0.15) is 32.1 Å². The molecule has 1 amide bonds. The second kappa shape index (κ2) is 9.90. The summed E-state index contributed by atoms with van der Waals surface area (Å²) in [5.41, 5.74) is 7.41. The molecule has 0 spiro atoms. The van der Waals surface area contributed by atoms with Crippen molar-refractivity contribution >= 4 is 33.2 Å². The molecular formula is C17H26BrN3O2. The Morgan fingerprint density at radius 2 is 1.96 bits per heavy atom. The third-order valence-corrected chi connectivity index (χ3v) is 4.44. The molecule has 0 bridgehead atoms. The minimum atomic E-state index is 0.0744. The number of ether oxygens (including phenoxy) is 1. The highest BCUT2D eigenvalue weighted by atomic mass is 79.9. The Hall–Kier alpha value is -1.11. The number of unbranched alkanes of at least 4 members (excludes halogenated alkanes) is 3. The van der Waals surface area contributed by atoms with Gasteiger partial charge in [-0.2, -0.15) is 0 Å². The summed E-state index contributed by atoms with van der Waals surface area (Å²) in [6.45, 7) is 3.88. The number of benzene rings is 1. The first-order chi connectivity index (χ1) is 11.2. The van der Waals surface area contributed by atoms with Crippen LogP contribution in [0.25, 0.3) is 0 Å². The number of carbonyl (C=O) groups excluding carboxylic acids is 1. The van der Waals surface area contributed by atoms with Gasteiger partial charge in [0, 0.05) is 24.0 Å². The van der Waals surface area contributed by atoms with E-state index in [0.717, 1.165) is 74.4 Å². The van der Waals surface area contributed by atoms with Crippen LogP contribution in [0.5, 0.6) is 0 Å². The minimum Gasteiger partial charge on any atom is -0.378 e. The number of nitrogens with two attached hydrogens (primary N) is 1. The fourth-order valence-corrected chi connectivity index (χ4v) is 3.05. The fraction of sp³-hybridized carbons (Fsp3) is 0.588. The van der Waals surface area contributed by atoms with Crippen LogP contribution in [-0.4, -0.2) is 38.8 Å². The van der Waals surface area contributed by atoms with Crippen LogP contribution in [0.4, 0.5) is 11.4 Å². The summed E-state index contributed by atoms with van der Waals surface area (Å²) >= 11 is 3.49. The first-order valence-corrected chi connectivity index (χ1v) is 9.12. The van der Waals surface area contributed by atoms with Gasteiger partial charge in [-0.25, -0.2) is 0 Å². The second-order valence-electron chi connectivity index (χ2n) is 5.76. The molecule has 1 heterocycles. The summed E-state index contributed by atoms with van der Waals surface area (Å²) in [5, 5.41) is 3.06. The Kier molecular flexibility index (Phi) is 7.85. The standard InChI is InChI=1S/C17H26BrN3O2/c18-14-6-7-16(21-9-11-23-12-10-21)15(13-14)20-17(22)5-3-1-2-4-8-19/h6-7,13H,1-5,8-12,19H2,(H,20,22). The van der Waals surface area contributed by atoms with E-state index in [1.165, 1.54) is 0 Å². The molecule has 128 valence electrons. The summed E-state index contributed by atoms with van der Waals surface area (Å²) < 4.78 is 6.37. The smallest absolute Gasteiger partial charge is 0.224 e. The molecule has 1 saturated heterocycles. The Labute approximate surface area is 146 Å². The molecule has 0 aliphatic carbocycles. The average Bonchev–Trinajstić information content (AvgIpc) is 2.55. The zero-order valence-corrected chi connectivity index (χ0v) is 15.1. The van der Waals surface area contributed by atoms with Crippen LogP contribution in [0.3, 0.4) is 0 Å². The van der Waals surface area contributed by atoms with Gasteiger partial charge >= 0.3 is 0 Å². The number of hydrogen-bond donors (Lipinski definition) is 2. The number of hydrogen-bond acceptors (Lipinski definition) is 4. The summed E-state index contributed by atoms with van der Waals surface area (Å²) in [5.74, 6) is 0.0744. The maximum absolute atomic E-state index is 12.2. The summed E-state index contributed by atoms with van der Waals surface area (Å²) in [6.07, 6.45) is 4.65. The molecule has 0 unspecified atom stereocenters. The lowest BCUT2D eigenvalue weighted by atomic mass is 10.1. The second-order valence-corrected chi connectivity index (χ2v) is 6.68. The summed E-state index contributed by atoms with van der Waals surface area (Å²) in [7, 11) is 0. The molecule has 3 N–H and O–H groups in total. The number of nitrogens with zero attached hydrogens (tertiary/aromatic N) is 1. The zero-order chi connectivity index (χ0) is 16.5. The largest absolute Gasteiger partial charge is 0.378 e. The molecule has 2 rings (SSSR count). The highest BCUT2D eigenvalue weighted by Gasteiger charge is 2.16. The van der Waals surface area contributed by atoms with E-state index in [4.69, 9.17) is 10.5 Å². The van der Waals surface area contributed by atoms with Gasteiger partial charge in [0.1, 0.15) is 0 Å². The van der Waals surface area contributed by atoms with Crippen LogP contribution >= 0.6 is 15.9 Å². The predicted molar refractivity (Wildman–Crippen MR) is 97.9 cm³/mol. The van der Waals surface area contributed by atoms with Crippen molar-refractivity contribution in [2.24, 2.45) is 5.73 Å². The van der Waals surface area contributed by atoms with Crippen LogP contribution in [0.15, 0.2) is 22.7 Å². The normalized spacial score (nSPS) is 14.8. The van der Waals surface area contributed by atoms with Gasteiger partial charge in [0.15, 0.2) is 0 Å². The van der Waals surface area contributed by atoms with E-state index >= 15 is 0 Å². The van der Waals surface area contributed by atoms with Crippen LogP contribution < -0.4 is 16.0 Å². The number of rotatable bonds is 8. The van der Waals surface area contributed by atoms with E-state index in [1.54, 1.807) is 0 Å². The van der Waals surface area contributed by atoms with Crippen molar-refractivity contribution in [3.8, 4) is 0 Å². The summed E-state index contributed by atoms with van der Waals surface area (Å²) in [4.78, 5) is 14.5. The molecule has 1 aliphatic rings. The van der Waals surface area contributed by atoms with E-state index in [0.29, 0.717) is 6.42 Å². The molecule has 1 aromatic carbocycles. The molecular weight excluding hydrogens is 358 g/mol. The molecule has 0 saturated carbocycles. The first-order valence-electron chi connectivity index (χ1n) is 8.33. The third-order valence-electron chi connectivity index (χ3n) is 3.94. The highest BCUT2D eigenvalue weighted by Crippen LogP contribution is 2.30. The number of nitrogens with one attached hydrogen (secondary N) is 1. The maximum Gasteiger partial charge on any atom is 0.224 e. The van der Waals surface area contributed by atoms with Crippen molar-refractivity contribution in [2.75, 3.05) is 43.1 Å². The molecule has 23 heavy (non-hydrogen) atoms. The van der Waals surface area contributed by atoms with Gasteiger partial charge in [-0.1, -0.05) is 28.8 Å². The summed E-state index contributed by atoms with van der Waals surface area (Å²) in [6, 6.07) is 6.02. The molecule has 0 radical (unpaired) electrons. The van der Waals surface area contributed by atoms with Gasteiger partial charge in [0.05, 0.1) is 24.6 Å². The number of morpholine rings is 1.